The van der Waals surface area contributed by atoms with Crippen LogP contribution in [0.2, 0.25) is 0 Å². The van der Waals surface area contributed by atoms with Crippen LogP contribution in [0.25, 0.3) is 10.9 Å². The third kappa shape index (κ3) is 1.96. The second kappa shape index (κ2) is 4.45. The van der Waals surface area contributed by atoms with E-state index in [2.05, 4.69) is 26.3 Å². The van der Waals surface area contributed by atoms with Crippen LogP contribution < -0.4 is 5.32 Å². The molecule has 98 valence electrons. The maximum Gasteiger partial charge on any atom is 0.235 e. The molecule has 6 heteroatoms. The number of piperidine rings is 1. The van der Waals surface area contributed by atoms with Gasteiger partial charge in [-0.25, -0.2) is 0 Å². The zero-order valence-corrected chi connectivity index (χ0v) is 11.9. The first-order chi connectivity index (χ1) is 9.08. The highest BCUT2D eigenvalue weighted by Gasteiger charge is 2.31. The second-order valence-electron chi connectivity index (χ2n) is 4.65. The van der Waals surface area contributed by atoms with Crippen LogP contribution in [0.5, 0.6) is 0 Å². The van der Waals surface area contributed by atoms with Gasteiger partial charge in [-0.2, -0.15) is 5.10 Å². The minimum Gasteiger partial charge on any atom is -0.296 e. The summed E-state index contributed by atoms with van der Waals surface area (Å²) < 4.78 is 2.71. The lowest BCUT2D eigenvalue weighted by atomic mass is 9.93. The van der Waals surface area contributed by atoms with Crippen LogP contribution in [0, 0.1) is 0 Å². The van der Waals surface area contributed by atoms with E-state index in [-0.39, 0.29) is 17.7 Å². The molecule has 1 aliphatic heterocycles. The molecule has 2 heterocycles. The Morgan fingerprint density at radius 2 is 2.21 bits per heavy atom. The summed E-state index contributed by atoms with van der Waals surface area (Å²) in [7, 11) is 1.85. The summed E-state index contributed by atoms with van der Waals surface area (Å²) in [4.78, 5) is 23.2. The molecule has 1 fully saturated rings. The maximum atomic E-state index is 12.0. The number of para-hydroxylation sites is 1. The van der Waals surface area contributed by atoms with E-state index in [4.69, 9.17) is 0 Å². The first kappa shape index (κ1) is 12.3. The number of aryl methyl sites for hydroxylation is 1. The second-order valence-corrected chi connectivity index (χ2v) is 5.50. The van der Waals surface area contributed by atoms with Crippen molar-refractivity contribution in [3.05, 3.63) is 28.4 Å². The number of benzene rings is 1. The van der Waals surface area contributed by atoms with Crippen molar-refractivity contribution in [1.82, 2.24) is 15.1 Å². The van der Waals surface area contributed by atoms with E-state index in [1.54, 1.807) is 4.68 Å². The number of amides is 2. The van der Waals surface area contributed by atoms with Gasteiger partial charge in [-0.1, -0.05) is 12.1 Å². The summed E-state index contributed by atoms with van der Waals surface area (Å²) in [6.45, 7) is 0. The Hall–Kier alpha value is -1.69. The topological polar surface area (TPSA) is 64.0 Å². The van der Waals surface area contributed by atoms with Gasteiger partial charge >= 0.3 is 0 Å². The summed E-state index contributed by atoms with van der Waals surface area (Å²) in [5.74, 6) is -0.811. The molecule has 3 rings (SSSR count). The van der Waals surface area contributed by atoms with Crippen LogP contribution in [-0.4, -0.2) is 21.6 Å². The minimum atomic E-state index is -0.351. The number of imide groups is 1. The van der Waals surface area contributed by atoms with Crippen molar-refractivity contribution in [1.29, 1.82) is 0 Å². The fourth-order valence-electron chi connectivity index (χ4n) is 2.53. The SMILES string of the molecule is Cn1nc(C2CCC(=O)NC2=O)c2cccc(Br)c21. The van der Waals surface area contributed by atoms with Gasteiger partial charge in [-0.05, 0) is 28.4 Å². The smallest absolute Gasteiger partial charge is 0.235 e. The van der Waals surface area contributed by atoms with Crippen LogP contribution in [0.3, 0.4) is 0 Å². The van der Waals surface area contributed by atoms with Crippen LogP contribution in [0.1, 0.15) is 24.5 Å². The largest absolute Gasteiger partial charge is 0.296 e. The maximum absolute atomic E-state index is 12.0. The molecule has 0 spiro atoms. The summed E-state index contributed by atoms with van der Waals surface area (Å²) in [5, 5.41) is 7.79. The summed E-state index contributed by atoms with van der Waals surface area (Å²) in [6, 6.07) is 5.81. The van der Waals surface area contributed by atoms with Crippen molar-refractivity contribution < 1.29 is 9.59 Å². The van der Waals surface area contributed by atoms with Gasteiger partial charge in [0.05, 0.1) is 17.1 Å². The predicted molar refractivity (Wildman–Crippen MR) is 73.5 cm³/mol. The van der Waals surface area contributed by atoms with Gasteiger partial charge < -0.3 is 0 Å². The van der Waals surface area contributed by atoms with Gasteiger partial charge in [0.1, 0.15) is 0 Å². The van der Waals surface area contributed by atoms with Crippen LogP contribution in [-0.2, 0) is 16.6 Å². The van der Waals surface area contributed by atoms with Gasteiger partial charge in [0, 0.05) is 23.3 Å². The highest BCUT2D eigenvalue weighted by molar-refractivity contribution is 9.10. The molecule has 1 aromatic carbocycles. The van der Waals surface area contributed by atoms with E-state index in [0.29, 0.717) is 12.8 Å². The lowest BCUT2D eigenvalue weighted by molar-refractivity contribution is -0.134. The van der Waals surface area contributed by atoms with Crippen LogP contribution in [0.15, 0.2) is 22.7 Å². The minimum absolute atomic E-state index is 0.206. The number of nitrogens with zero attached hydrogens (tertiary/aromatic N) is 2. The van der Waals surface area contributed by atoms with E-state index in [1.165, 1.54) is 0 Å². The number of carbonyl (C=O) groups excluding carboxylic acids is 2. The highest BCUT2D eigenvalue weighted by Crippen LogP contribution is 2.32. The summed E-state index contributed by atoms with van der Waals surface area (Å²) in [5.41, 5.74) is 1.70. The monoisotopic (exact) mass is 321 g/mol. The Morgan fingerprint density at radius 3 is 2.95 bits per heavy atom. The molecular weight excluding hydrogens is 310 g/mol. The molecule has 1 N–H and O–H groups in total. The Kier molecular flexibility index (Phi) is 2.89. The zero-order valence-electron chi connectivity index (χ0n) is 10.3. The molecule has 0 radical (unpaired) electrons. The number of hydrogen-bond acceptors (Lipinski definition) is 3. The number of halogens is 1. The molecule has 2 aromatic rings. The molecule has 0 saturated carbocycles. The number of rotatable bonds is 1. The van der Waals surface area contributed by atoms with E-state index in [0.717, 1.165) is 21.1 Å². The predicted octanol–water partition coefficient (Wildman–Crippen LogP) is 1.86. The number of carbonyl (C=O) groups is 2. The molecule has 0 aliphatic carbocycles. The van der Waals surface area contributed by atoms with Crippen molar-refractivity contribution >= 4 is 38.6 Å². The van der Waals surface area contributed by atoms with Crippen molar-refractivity contribution in [3.8, 4) is 0 Å². The van der Waals surface area contributed by atoms with Crippen LogP contribution >= 0.6 is 15.9 Å². The van der Waals surface area contributed by atoms with Gasteiger partial charge in [0.2, 0.25) is 11.8 Å². The number of aromatic nitrogens is 2. The molecule has 2 amide bonds. The Bertz CT molecular complexity index is 692. The van der Waals surface area contributed by atoms with Crippen LogP contribution in [0.4, 0.5) is 0 Å². The molecule has 1 unspecified atom stereocenters. The summed E-state index contributed by atoms with van der Waals surface area (Å²) >= 11 is 3.49. The third-order valence-corrected chi connectivity index (χ3v) is 4.05. The molecule has 5 nitrogen and oxygen atoms in total. The quantitative estimate of drug-likeness (QED) is 0.815. The molecule has 0 bridgehead atoms. The number of hydrogen-bond donors (Lipinski definition) is 1. The summed E-state index contributed by atoms with van der Waals surface area (Å²) in [6.07, 6.45) is 0.881. The molecule has 1 saturated heterocycles. The van der Waals surface area contributed by atoms with Crippen molar-refractivity contribution in [2.45, 2.75) is 18.8 Å². The van der Waals surface area contributed by atoms with Crippen molar-refractivity contribution in [2.75, 3.05) is 0 Å². The number of nitrogens with one attached hydrogen (secondary N) is 1. The average Bonchev–Trinajstić information content (AvgIpc) is 2.68. The third-order valence-electron chi connectivity index (χ3n) is 3.41. The normalized spacial score (nSPS) is 19.8. The van der Waals surface area contributed by atoms with Crippen molar-refractivity contribution in [3.63, 3.8) is 0 Å². The average molecular weight is 322 g/mol. The first-order valence-corrected chi connectivity index (χ1v) is 6.82. The fourth-order valence-corrected chi connectivity index (χ4v) is 3.15. The van der Waals surface area contributed by atoms with Gasteiger partial charge in [-0.15, -0.1) is 0 Å². The first-order valence-electron chi connectivity index (χ1n) is 6.02. The van der Waals surface area contributed by atoms with Crippen molar-refractivity contribution in [2.24, 2.45) is 7.05 Å². The van der Waals surface area contributed by atoms with E-state index in [9.17, 15) is 9.59 Å². The van der Waals surface area contributed by atoms with Gasteiger partial charge in [-0.3, -0.25) is 19.6 Å². The molecule has 1 atom stereocenters. The van der Waals surface area contributed by atoms with Gasteiger partial charge in [0.25, 0.3) is 0 Å². The van der Waals surface area contributed by atoms with E-state index < -0.39 is 0 Å². The molecule has 1 aromatic heterocycles. The number of fused-ring (bicyclic) bond motifs is 1. The highest BCUT2D eigenvalue weighted by atomic mass is 79.9. The zero-order chi connectivity index (χ0) is 13.6. The standard InChI is InChI=1S/C13H12BrN3O2/c1-17-12-7(3-2-4-9(12)14)11(16-17)8-5-6-10(18)15-13(8)19/h2-4,8H,5-6H2,1H3,(H,15,18,19). The Labute approximate surface area is 118 Å². The molecule has 1 aliphatic rings. The fraction of sp³-hybridized carbons (Fsp3) is 0.308. The lowest BCUT2D eigenvalue weighted by Crippen LogP contribution is -2.39. The van der Waals surface area contributed by atoms with E-state index in [1.807, 2.05) is 25.2 Å². The van der Waals surface area contributed by atoms with Gasteiger partial charge in [0.15, 0.2) is 0 Å². The Morgan fingerprint density at radius 1 is 1.42 bits per heavy atom. The molecular formula is C13H12BrN3O2. The van der Waals surface area contributed by atoms with E-state index >= 15 is 0 Å². The Balaban J connectivity index is 2.13. The molecule has 19 heavy (non-hydrogen) atoms. The lowest BCUT2D eigenvalue weighted by Gasteiger charge is -2.19.